The number of hydrogen-bond acceptors (Lipinski definition) is 6. The molecule has 1 aliphatic heterocycles. The monoisotopic (exact) mass is 534 g/mol. The zero-order valence-corrected chi connectivity index (χ0v) is 21.2. The van der Waals surface area contributed by atoms with Gasteiger partial charge in [-0.1, -0.05) is 6.07 Å². The maximum absolute atomic E-state index is 12.9. The summed E-state index contributed by atoms with van der Waals surface area (Å²) in [4.78, 5) is 31.3. The molecule has 2 fully saturated rings. The van der Waals surface area contributed by atoms with Gasteiger partial charge in [0.15, 0.2) is 0 Å². The van der Waals surface area contributed by atoms with Gasteiger partial charge in [0.25, 0.3) is 5.91 Å². The molecule has 2 amide bonds. The number of ether oxygens (including phenoxy) is 1. The maximum Gasteiger partial charge on any atom is 0.416 e. The average Bonchev–Trinajstić information content (AvgIpc) is 3.30. The van der Waals surface area contributed by atoms with E-state index in [9.17, 15) is 27.9 Å². The van der Waals surface area contributed by atoms with Gasteiger partial charge < -0.3 is 20.5 Å². The molecule has 1 saturated carbocycles. The van der Waals surface area contributed by atoms with Crippen LogP contribution in [0.2, 0.25) is 0 Å². The van der Waals surface area contributed by atoms with Gasteiger partial charge in [-0.25, -0.2) is 0 Å². The first kappa shape index (κ1) is 28.0. The molecule has 0 unspecified atom stereocenters. The maximum atomic E-state index is 12.9. The van der Waals surface area contributed by atoms with Crippen LogP contribution in [-0.4, -0.2) is 71.2 Å². The Morgan fingerprint density at radius 2 is 1.87 bits per heavy atom. The number of aliphatic hydroxyl groups is 1. The number of carbonyl (C=O) groups excluding carboxylic acids is 2. The fourth-order valence-corrected chi connectivity index (χ4v) is 5.38. The summed E-state index contributed by atoms with van der Waals surface area (Å²) in [6.45, 7) is 3.19. The van der Waals surface area contributed by atoms with Crippen molar-refractivity contribution in [1.29, 1.82) is 0 Å². The Hall–Kier alpha value is -3.02. The minimum atomic E-state index is -4.56. The van der Waals surface area contributed by atoms with E-state index >= 15 is 0 Å². The lowest BCUT2D eigenvalue weighted by Gasteiger charge is -2.39. The molecule has 2 atom stereocenters. The summed E-state index contributed by atoms with van der Waals surface area (Å²) in [5.74, 6) is -1.21. The molecule has 0 radical (unpaired) electrons. The molecular weight excluding hydrogens is 501 g/mol. The topological polar surface area (TPSA) is 104 Å². The van der Waals surface area contributed by atoms with Crippen LogP contribution in [0.15, 0.2) is 48.8 Å². The van der Waals surface area contributed by atoms with Gasteiger partial charge in [-0.2, -0.15) is 13.2 Å². The van der Waals surface area contributed by atoms with E-state index in [4.69, 9.17) is 4.74 Å². The van der Waals surface area contributed by atoms with Crippen molar-refractivity contribution in [1.82, 2.24) is 20.5 Å². The summed E-state index contributed by atoms with van der Waals surface area (Å²) >= 11 is 0. The number of benzene rings is 1. The Bertz CT molecular complexity index is 1110. The average molecular weight is 535 g/mol. The standard InChI is InChI=1S/C27H33F3N4O4/c1-2-38-23-17-34(21-6-10-26(37,11-7-21)19-8-12-31-13-9-19)16-22(23)33-24(35)15-32-25(36)18-4-3-5-20(14-18)27(28,29)30/h3-5,8-9,12-14,21-23,37H,2,6-7,10-11,15-17H2,1H3,(H,32,36)(H,33,35)/t21?,22-,23+,26?/m0/s1. The van der Waals surface area contributed by atoms with Gasteiger partial charge in [0.1, 0.15) is 0 Å². The van der Waals surface area contributed by atoms with Crippen molar-refractivity contribution < 1.29 is 32.6 Å². The number of likely N-dealkylation sites (tertiary alicyclic amines) is 1. The highest BCUT2D eigenvalue weighted by atomic mass is 19.4. The summed E-state index contributed by atoms with van der Waals surface area (Å²) in [6.07, 6.45) is 1.41. The Kier molecular flexibility index (Phi) is 8.69. The van der Waals surface area contributed by atoms with Crippen LogP contribution in [-0.2, 0) is 21.3 Å². The molecule has 1 aromatic heterocycles. The molecule has 2 aromatic rings. The van der Waals surface area contributed by atoms with Gasteiger partial charge in [0, 0.05) is 43.7 Å². The SMILES string of the molecule is CCO[C@@H]1CN(C2CCC(O)(c3ccncc3)CC2)C[C@@H]1NC(=O)CNC(=O)c1cccc(C(F)(F)F)c1. The number of nitrogens with zero attached hydrogens (tertiary/aromatic N) is 2. The summed E-state index contributed by atoms with van der Waals surface area (Å²) in [6, 6.07) is 7.69. The van der Waals surface area contributed by atoms with Crippen LogP contribution in [0.4, 0.5) is 13.2 Å². The lowest BCUT2D eigenvalue weighted by atomic mass is 9.77. The van der Waals surface area contributed by atoms with E-state index in [-0.39, 0.29) is 30.3 Å². The molecule has 11 heteroatoms. The van der Waals surface area contributed by atoms with Crippen LogP contribution >= 0.6 is 0 Å². The minimum absolute atomic E-state index is 0.170. The molecule has 0 bridgehead atoms. The van der Waals surface area contributed by atoms with Gasteiger partial charge in [0.05, 0.1) is 29.9 Å². The van der Waals surface area contributed by atoms with E-state index in [1.807, 2.05) is 19.1 Å². The lowest BCUT2D eigenvalue weighted by molar-refractivity contribution is -0.137. The normalized spacial score (nSPS) is 26.2. The molecule has 4 rings (SSSR count). The van der Waals surface area contributed by atoms with Crippen LogP contribution in [0.25, 0.3) is 0 Å². The van der Waals surface area contributed by atoms with Crippen molar-refractivity contribution in [3.63, 3.8) is 0 Å². The van der Waals surface area contributed by atoms with E-state index in [1.54, 1.807) is 12.4 Å². The first-order chi connectivity index (χ1) is 18.1. The first-order valence-electron chi connectivity index (χ1n) is 12.8. The Labute approximate surface area is 219 Å². The Morgan fingerprint density at radius 1 is 1.16 bits per heavy atom. The first-order valence-corrected chi connectivity index (χ1v) is 12.8. The number of amides is 2. The lowest BCUT2D eigenvalue weighted by Crippen LogP contribution is -2.48. The Morgan fingerprint density at radius 3 is 2.53 bits per heavy atom. The van der Waals surface area contributed by atoms with Gasteiger partial charge in [-0.05, 0) is 68.5 Å². The number of rotatable bonds is 8. The van der Waals surface area contributed by atoms with E-state index in [0.29, 0.717) is 32.5 Å². The molecule has 1 aliphatic carbocycles. The van der Waals surface area contributed by atoms with Gasteiger partial charge in [-0.3, -0.25) is 19.5 Å². The summed E-state index contributed by atoms with van der Waals surface area (Å²) in [5.41, 5.74) is -1.10. The number of hydrogen-bond donors (Lipinski definition) is 3. The highest BCUT2D eigenvalue weighted by molar-refractivity contribution is 5.96. The predicted octanol–water partition coefficient (Wildman–Crippen LogP) is 2.87. The minimum Gasteiger partial charge on any atom is -0.385 e. The van der Waals surface area contributed by atoms with Crippen molar-refractivity contribution >= 4 is 11.8 Å². The van der Waals surface area contributed by atoms with Gasteiger partial charge in [-0.15, -0.1) is 0 Å². The van der Waals surface area contributed by atoms with E-state index in [1.165, 1.54) is 6.07 Å². The van der Waals surface area contributed by atoms with Crippen molar-refractivity contribution in [2.75, 3.05) is 26.2 Å². The highest BCUT2D eigenvalue weighted by Gasteiger charge is 2.42. The smallest absolute Gasteiger partial charge is 0.385 e. The van der Waals surface area contributed by atoms with Crippen molar-refractivity contribution in [3.05, 3.63) is 65.5 Å². The van der Waals surface area contributed by atoms with E-state index < -0.39 is 29.2 Å². The van der Waals surface area contributed by atoms with Crippen molar-refractivity contribution in [2.45, 2.75) is 62.6 Å². The zero-order valence-electron chi connectivity index (χ0n) is 21.2. The molecule has 2 heterocycles. The second-order valence-corrected chi connectivity index (χ2v) is 9.88. The molecule has 38 heavy (non-hydrogen) atoms. The molecule has 0 spiro atoms. The van der Waals surface area contributed by atoms with E-state index in [0.717, 1.165) is 36.6 Å². The second kappa shape index (κ2) is 11.8. The van der Waals surface area contributed by atoms with Crippen LogP contribution in [0.3, 0.4) is 0 Å². The Balaban J connectivity index is 1.30. The fraction of sp³-hybridized carbons (Fsp3) is 0.519. The van der Waals surface area contributed by atoms with E-state index in [2.05, 4.69) is 20.5 Å². The molecule has 2 aliphatic rings. The molecule has 206 valence electrons. The van der Waals surface area contributed by atoms with Crippen LogP contribution in [0.1, 0.15) is 54.1 Å². The summed E-state index contributed by atoms with van der Waals surface area (Å²) in [7, 11) is 0. The van der Waals surface area contributed by atoms with Crippen molar-refractivity contribution in [3.8, 4) is 0 Å². The predicted molar refractivity (Wildman–Crippen MR) is 133 cm³/mol. The molecular formula is C27H33F3N4O4. The third kappa shape index (κ3) is 6.69. The molecule has 3 N–H and O–H groups in total. The quantitative estimate of drug-likeness (QED) is 0.481. The number of halogens is 3. The third-order valence-corrected chi connectivity index (χ3v) is 7.40. The van der Waals surface area contributed by atoms with Crippen LogP contribution in [0.5, 0.6) is 0 Å². The number of aromatic nitrogens is 1. The molecule has 8 nitrogen and oxygen atoms in total. The molecule has 1 saturated heterocycles. The van der Waals surface area contributed by atoms with Crippen molar-refractivity contribution in [2.24, 2.45) is 0 Å². The number of pyridine rings is 1. The van der Waals surface area contributed by atoms with Gasteiger partial charge in [0.2, 0.25) is 5.91 Å². The second-order valence-electron chi connectivity index (χ2n) is 9.88. The number of nitrogens with one attached hydrogen (secondary N) is 2. The summed E-state index contributed by atoms with van der Waals surface area (Å²) in [5, 5.41) is 16.4. The van der Waals surface area contributed by atoms with Crippen LogP contribution < -0.4 is 10.6 Å². The molecule has 1 aromatic carbocycles. The number of carbonyl (C=O) groups is 2. The zero-order chi connectivity index (χ0) is 27.3. The highest BCUT2D eigenvalue weighted by Crippen LogP contribution is 2.39. The fourth-order valence-electron chi connectivity index (χ4n) is 5.38. The largest absolute Gasteiger partial charge is 0.416 e. The van der Waals surface area contributed by atoms with Crippen LogP contribution in [0, 0.1) is 0 Å². The third-order valence-electron chi connectivity index (χ3n) is 7.40. The van der Waals surface area contributed by atoms with Gasteiger partial charge >= 0.3 is 6.18 Å². The summed E-state index contributed by atoms with van der Waals surface area (Å²) < 4.78 is 44.7. The number of alkyl halides is 3.